The maximum absolute atomic E-state index is 12.5. The second kappa shape index (κ2) is 6.98. The van der Waals surface area contributed by atoms with Crippen LogP contribution in [0, 0.1) is 13.8 Å². The van der Waals surface area contributed by atoms with Crippen LogP contribution < -0.4 is 14.8 Å². The first kappa shape index (κ1) is 15.9. The molecule has 0 aliphatic heterocycles. The molecule has 2 aromatic carbocycles. The van der Waals surface area contributed by atoms with Crippen molar-refractivity contribution in [3.63, 3.8) is 0 Å². The molecule has 0 unspecified atom stereocenters. The van der Waals surface area contributed by atoms with Gasteiger partial charge in [0.25, 0.3) is 5.91 Å². The fourth-order valence-corrected chi connectivity index (χ4v) is 2.49. The molecule has 116 valence electrons. The summed E-state index contributed by atoms with van der Waals surface area (Å²) in [6.45, 7) is 4.29. The molecule has 0 radical (unpaired) electrons. The first-order valence-corrected chi connectivity index (χ1v) is 7.12. The molecule has 0 aliphatic rings. The number of nitrogens with one attached hydrogen (secondary N) is 1. The van der Waals surface area contributed by atoms with Crippen molar-refractivity contribution < 1.29 is 14.3 Å². The topological polar surface area (TPSA) is 47.6 Å². The number of ether oxygens (including phenoxy) is 2. The highest BCUT2D eigenvalue weighted by Crippen LogP contribution is 2.24. The number of amides is 1. The van der Waals surface area contributed by atoms with Gasteiger partial charge < -0.3 is 14.8 Å². The number of methoxy groups -OCH3 is 2. The molecule has 2 aromatic rings. The number of rotatable bonds is 5. The molecule has 0 aromatic heterocycles. The summed E-state index contributed by atoms with van der Waals surface area (Å²) in [5.74, 6) is 1.20. The molecular formula is C18H21NO3. The van der Waals surface area contributed by atoms with Gasteiger partial charge in [0.15, 0.2) is 0 Å². The van der Waals surface area contributed by atoms with Crippen LogP contribution >= 0.6 is 0 Å². The molecule has 0 atom stereocenters. The summed E-state index contributed by atoms with van der Waals surface area (Å²) in [5, 5.41) is 2.93. The zero-order valence-electron chi connectivity index (χ0n) is 13.4. The Kier molecular flexibility index (Phi) is 5.04. The van der Waals surface area contributed by atoms with Gasteiger partial charge in [0.1, 0.15) is 11.5 Å². The lowest BCUT2D eigenvalue weighted by Crippen LogP contribution is -2.24. The van der Waals surface area contributed by atoms with E-state index in [0.29, 0.717) is 17.9 Å². The van der Waals surface area contributed by atoms with E-state index in [2.05, 4.69) is 5.32 Å². The van der Waals surface area contributed by atoms with Gasteiger partial charge in [-0.3, -0.25) is 4.79 Å². The zero-order chi connectivity index (χ0) is 16.1. The highest BCUT2D eigenvalue weighted by molar-refractivity contribution is 5.98. The highest BCUT2D eigenvalue weighted by Gasteiger charge is 2.16. The maximum Gasteiger partial charge on any atom is 0.255 e. The van der Waals surface area contributed by atoms with E-state index in [9.17, 15) is 4.79 Å². The molecule has 1 N–H and O–H groups in total. The number of aryl methyl sites for hydroxylation is 2. The molecule has 0 aliphatic carbocycles. The standard InChI is InChI=1S/C18H21NO3/c1-12-9-13(2)17(16(10-12)22-4)18(20)19-11-14-7-5-6-8-15(14)21-3/h5-10H,11H2,1-4H3,(H,19,20). The minimum Gasteiger partial charge on any atom is -0.496 e. The van der Waals surface area contributed by atoms with Crippen LogP contribution in [0.25, 0.3) is 0 Å². The molecule has 0 saturated heterocycles. The van der Waals surface area contributed by atoms with Crippen molar-refractivity contribution in [3.8, 4) is 11.5 Å². The minimum atomic E-state index is -0.153. The fraction of sp³-hybridized carbons (Fsp3) is 0.278. The summed E-state index contributed by atoms with van der Waals surface area (Å²) < 4.78 is 10.6. The van der Waals surface area contributed by atoms with Gasteiger partial charge in [-0.2, -0.15) is 0 Å². The Morgan fingerprint density at radius 2 is 1.73 bits per heavy atom. The summed E-state index contributed by atoms with van der Waals surface area (Å²) in [6, 6.07) is 11.5. The van der Waals surface area contributed by atoms with Crippen molar-refractivity contribution in [1.82, 2.24) is 5.32 Å². The van der Waals surface area contributed by atoms with Gasteiger partial charge in [-0.25, -0.2) is 0 Å². The van der Waals surface area contributed by atoms with Gasteiger partial charge in [0.2, 0.25) is 0 Å². The van der Waals surface area contributed by atoms with Gasteiger partial charge in [0, 0.05) is 12.1 Å². The Morgan fingerprint density at radius 1 is 1.05 bits per heavy atom. The van der Waals surface area contributed by atoms with Crippen LogP contribution in [0.3, 0.4) is 0 Å². The van der Waals surface area contributed by atoms with Crippen molar-refractivity contribution in [2.24, 2.45) is 0 Å². The Morgan fingerprint density at radius 3 is 2.41 bits per heavy atom. The van der Waals surface area contributed by atoms with E-state index in [1.165, 1.54) is 0 Å². The monoisotopic (exact) mass is 299 g/mol. The van der Waals surface area contributed by atoms with Gasteiger partial charge in [-0.15, -0.1) is 0 Å². The number of carbonyl (C=O) groups excluding carboxylic acids is 1. The second-order valence-electron chi connectivity index (χ2n) is 5.15. The van der Waals surface area contributed by atoms with Crippen molar-refractivity contribution >= 4 is 5.91 Å². The minimum absolute atomic E-state index is 0.153. The third-order valence-electron chi connectivity index (χ3n) is 3.52. The van der Waals surface area contributed by atoms with E-state index in [0.717, 1.165) is 22.4 Å². The molecule has 4 heteroatoms. The van der Waals surface area contributed by atoms with Crippen LogP contribution in [0.1, 0.15) is 27.0 Å². The normalized spacial score (nSPS) is 10.2. The molecule has 22 heavy (non-hydrogen) atoms. The Balaban J connectivity index is 2.20. The van der Waals surface area contributed by atoms with E-state index < -0.39 is 0 Å². The average molecular weight is 299 g/mol. The number of hydrogen-bond acceptors (Lipinski definition) is 3. The predicted molar refractivity (Wildman–Crippen MR) is 86.6 cm³/mol. The largest absolute Gasteiger partial charge is 0.496 e. The summed E-state index contributed by atoms with van der Waals surface area (Å²) in [5.41, 5.74) is 3.47. The van der Waals surface area contributed by atoms with Crippen molar-refractivity contribution in [3.05, 3.63) is 58.7 Å². The number of carbonyl (C=O) groups is 1. The summed E-state index contributed by atoms with van der Waals surface area (Å²) in [4.78, 5) is 12.5. The summed E-state index contributed by atoms with van der Waals surface area (Å²) in [7, 11) is 3.19. The van der Waals surface area contributed by atoms with Crippen LogP contribution in [0.4, 0.5) is 0 Å². The molecule has 0 heterocycles. The van der Waals surface area contributed by atoms with Crippen LogP contribution in [0.15, 0.2) is 36.4 Å². The third-order valence-corrected chi connectivity index (χ3v) is 3.52. The van der Waals surface area contributed by atoms with Crippen molar-refractivity contribution in [2.45, 2.75) is 20.4 Å². The van der Waals surface area contributed by atoms with E-state index in [4.69, 9.17) is 9.47 Å². The fourth-order valence-electron chi connectivity index (χ4n) is 2.49. The van der Waals surface area contributed by atoms with Crippen molar-refractivity contribution in [1.29, 1.82) is 0 Å². The van der Waals surface area contributed by atoms with E-state index in [1.54, 1.807) is 14.2 Å². The summed E-state index contributed by atoms with van der Waals surface area (Å²) >= 11 is 0. The van der Waals surface area contributed by atoms with Gasteiger partial charge in [0.05, 0.1) is 19.8 Å². The molecule has 0 spiro atoms. The SMILES string of the molecule is COc1ccccc1CNC(=O)c1c(C)cc(C)cc1OC. The van der Waals surface area contributed by atoms with Crippen LogP contribution in [0.2, 0.25) is 0 Å². The molecule has 0 fully saturated rings. The predicted octanol–water partition coefficient (Wildman–Crippen LogP) is 3.25. The number of benzene rings is 2. The van der Waals surface area contributed by atoms with Gasteiger partial charge in [-0.05, 0) is 37.1 Å². The Hall–Kier alpha value is -2.49. The van der Waals surface area contributed by atoms with Crippen LogP contribution in [-0.4, -0.2) is 20.1 Å². The Bertz CT molecular complexity index is 680. The first-order chi connectivity index (χ1) is 10.6. The molecule has 0 saturated carbocycles. The van der Waals surface area contributed by atoms with Crippen molar-refractivity contribution in [2.75, 3.05) is 14.2 Å². The molecule has 1 amide bonds. The second-order valence-corrected chi connectivity index (χ2v) is 5.15. The quantitative estimate of drug-likeness (QED) is 0.922. The first-order valence-electron chi connectivity index (χ1n) is 7.12. The highest BCUT2D eigenvalue weighted by atomic mass is 16.5. The average Bonchev–Trinajstić information content (AvgIpc) is 2.52. The molecular weight excluding hydrogens is 278 g/mol. The smallest absolute Gasteiger partial charge is 0.255 e. The van der Waals surface area contributed by atoms with E-state index in [-0.39, 0.29) is 5.91 Å². The van der Waals surface area contributed by atoms with Crippen LogP contribution in [0.5, 0.6) is 11.5 Å². The number of hydrogen-bond donors (Lipinski definition) is 1. The zero-order valence-corrected chi connectivity index (χ0v) is 13.4. The van der Waals surface area contributed by atoms with Gasteiger partial charge >= 0.3 is 0 Å². The maximum atomic E-state index is 12.5. The molecule has 2 rings (SSSR count). The third kappa shape index (κ3) is 3.39. The van der Waals surface area contributed by atoms with Crippen LogP contribution in [-0.2, 0) is 6.54 Å². The Labute approximate surface area is 131 Å². The number of para-hydroxylation sites is 1. The lowest BCUT2D eigenvalue weighted by Gasteiger charge is -2.14. The lowest BCUT2D eigenvalue weighted by atomic mass is 10.0. The summed E-state index contributed by atoms with van der Waals surface area (Å²) in [6.07, 6.45) is 0. The van der Waals surface area contributed by atoms with Gasteiger partial charge in [-0.1, -0.05) is 24.3 Å². The van der Waals surface area contributed by atoms with E-state index >= 15 is 0 Å². The van der Waals surface area contributed by atoms with E-state index in [1.807, 2.05) is 50.2 Å². The molecule has 0 bridgehead atoms. The lowest BCUT2D eigenvalue weighted by molar-refractivity contribution is 0.0947. The molecule has 4 nitrogen and oxygen atoms in total.